The maximum absolute atomic E-state index is 13.7. The van der Waals surface area contributed by atoms with Crippen molar-refractivity contribution in [3.63, 3.8) is 0 Å². The summed E-state index contributed by atoms with van der Waals surface area (Å²) in [6.45, 7) is 3.15. The van der Waals surface area contributed by atoms with E-state index in [-0.39, 0.29) is 29.5 Å². The van der Waals surface area contributed by atoms with Crippen molar-refractivity contribution >= 4 is 27.5 Å². The van der Waals surface area contributed by atoms with E-state index in [1.54, 1.807) is 32.0 Å². The number of amides is 2. The van der Waals surface area contributed by atoms with Gasteiger partial charge in [0, 0.05) is 13.1 Å². The predicted molar refractivity (Wildman–Crippen MR) is 137 cm³/mol. The Kier molecular flexibility index (Phi) is 9.35. The largest absolute Gasteiger partial charge is 0.355 e. The van der Waals surface area contributed by atoms with E-state index in [4.69, 9.17) is 0 Å². The molecule has 3 aromatic carbocycles. The molecule has 3 rings (SSSR count). The molecule has 0 bridgehead atoms. The highest BCUT2D eigenvalue weighted by Gasteiger charge is 2.33. The van der Waals surface area contributed by atoms with Crippen LogP contribution in [0.5, 0.6) is 0 Å². The molecule has 2 amide bonds. The molecule has 0 saturated carbocycles. The Labute approximate surface area is 215 Å². The van der Waals surface area contributed by atoms with Crippen molar-refractivity contribution in [3.05, 3.63) is 96.1 Å². The minimum atomic E-state index is -4.22. The Bertz CT molecular complexity index is 1300. The number of carbonyl (C=O) groups is 2. The Balaban J connectivity index is 2.03. The van der Waals surface area contributed by atoms with Gasteiger partial charge in [0.1, 0.15) is 24.2 Å². The lowest BCUT2D eigenvalue weighted by molar-refractivity contribution is -0.140. The third-order valence-electron chi connectivity index (χ3n) is 5.73. The number of sulfonamides is 1. The molecule has 0 radical (unpaired) electrons. The standard InChI is InChI=1S/C27H29F2N3O4S/c1-3-25(27(34)30-4-2)31(18-20-10-12-21(28)13-11-20)26(33)19-32(23-16-14-22(29)15-17-23)37(35,36)24-8-6-5-7-9-24/h5-17,25H,3-4,18-19H2,1-2H3,(H,30,34)/t25-/m1/s1. The fraction of sp³-hybridized carbons (Fsp3) is 0.259. The molecule has 0 aliphatic rings. The number of hydrogen-bond donors (Lipinski definition) is 1. The summed E-state index contributed by atoms with van der Waals surface area (Å²) in [5.41, 5.74) is 0.656. The summed E-state index contributed by atoms with van der Waals surface area (Å²) >= 11 is 0. The van der Waals surface area contributed by atoms with E-state index in [1.165, 1.54) is 53.4 Å². The first kappa shape index (κ1) is 27.8. The molecule has 0 spiro atoms. The van der Waals surface area contributed by atoms with Gasteiger partial charge in [0.05, 0.1) is 10.6 Å². The second kappa shape index (κ2) is 12.4. The van der Waals surface area contributed by atoms with Gasteiger partial charge in [-0.3, -0.25) is 13.9 Å². The Morgan fingerprint density at radius 2 is 1.43 bits per heavy atom. The van der Waals surface area contributed by atoms with Crippen LogP contribution in [-0.4, -0.2) is 44.3 Å². The molecule has 1 N–H and O–H groups in total. The number of nitrogens with zero attached hydrogens (tertiary/aromatic N) is 2. The van der Waals surface area contributed by atoms with Gasteiger partial charge in [0.25, 0.3) is 10.0 Å². The lowest BCUT2D eigenvalue weighted by atomic mass is 10.1. The first-order chi connectivity index (χ1) is 17.7. The van der Waals surface area contributed by atoms with Crippen LogP contribution < -0.4 is 9.62 Å². The van der Waals surface area contributed by atoms with Crippen molar-refractivity contribution in [2.75, 3.05) is 17.4 Å². The average molecular weight is 530 g/mol. The van der Waals surface area contributed by atoms with Crippen LogP contribution in [0.15, 0.2) is 83.8 Å². The van der Waals surface area contributed by atoms with Crippen LogP contribution in [0.3, 0.4) is 0 Å². The molecule has 0 fully saturated rings. The number of carbonyl (C=O) groups excluding carboxylic acids is 2. The third kappa shape index (κ3) is 6.91. The summed E-state index contributed by atoms with van der Waals surface area (Å²) in [7, 11) is -4.22. The average Bonchev–Trinajstić information content (AvgIpc) is 2.89. The van der Waals surface area contributed by atoms with Gasteiger partial charge >= 0.3 is 0 Å². The van der Waals surface area contributed by atoms with Crippen LogP contribution in [0.25, 0.3) is 0 Å². The van der Waals surface area contributed by atoms with E-state index in [2.05, 4.69) is 5.32 Å². The minimum Gasteiger partial charge on any atom is -0.355 e. The summed E-state index contributed by atoms with van der Waals surface area (Å²) in [4.78, 5) is 27.8. The van der Waals surface area contributed by atoms with Crippen molar-refractivity contribution in [2.24, 2.45) is 0 Å². The monoisotopic (exact) mass is 529 g/mol. The van der Waals surface area contributed by atoms with E-state index in [1.807, 2.05) is 0 Å². The van der Waals surface area contributed by atoms with Crippen molar-refractivity contribution in [1.29, 1.82) is 0 Å². The van der Waals surface area contributed by atoms with Crippen LogP contribution in [-0.2, 0) is 26.2 Å². The molecule has 0 heterocycles. The van der Waals surface area contributed by atoms with Crippen molar-refractivity contribution in [3.8, 4) is 0 Å². The van der Waals surface area contributed by atoms with Gasteiger partial charge in [-0.25, -0.2) is 17.2 Å². The van der Waals surface area contributed by atoms with E-state index >= 15 is 0 Å². The molecule has 3 aromatic rings. The summed E-state index contributed by atoms with van der Waals surface area (Å²) in [5, 5.41) is 2.71. The molecule has 37 heavy (non-hydrogen) atoms. The number of rotatable bonds is 11. The smallest absolute Gasteiger partial charge is 0.264 e. The van der Waals surface area contributed by atoms with Gasteiger partial charge in [-0.15, -0.1) is 0 Å². The Morgan fingerprint density at radius 3 is 1.97 bits per heavy atom. The highest BCUT2D eigenvalue weighted by molar-refractivity contribution is 7.92. The summed E-state index contributed by atoms with van der Waals surface area (Å²) in [6, 6.07) is 16.9. The molecular weight excluding hydrogens is 500 g/mol. The molecule has 0 aliphatic carbocycles. The summed E-state index contributed by atoms with van der Waals surface area (Å²) in [6.07, 6.45) is 0.265. The number of hydrogen-bond acceptors (Lipinski definition) is 4. The van der Waals surface area contributed by atoms with Crippen molar-refractivity contribution in [2.45, 2.75) is 37.8 Å². The van der Waals surface area contributed by atoms with Crippen molar-refractivity contribution in [1.82, 2.24) is 10.2 Å². The lowest BCUT2D eigenvalue weighted by Crippen LogP contribution is -2.52. The summed E-state index contributed by atoms with van der Waals surface area (Å²) < 4.78 is 55.2. The lowest BCUT2D eigenvalue weighted by Gasteiger charge is -2.33. The zero-order chi connectivity index (χ0) is 27.0. The molecular formula is C27H29F2N3O4S. The van der Waals surface area contributed by atoms with Gasteiger partial charge in [-0.2, -0.15) is 0 Å². The maximum Gasteiger partial charge on any atom is 0.264 e. The zero-order valence-corrected chi connectivity index (χ0v) is 21.4. The predicted octanol–water partition coefficient (Wildman–Crippen LogP) is 4.10. The van der Waals surface area contributed by atoms with Gasteiger partial charge < -0.3 is 10.2 Å². The van der Waals surface area contributed by atoms with E-state index < -0.39 is 40.2 Å². The van der Waals surface area contributed by atoms with Gasteiger partial charge in [-0.05, 0) is 67.4 Å². The fourth-order valence-electron chi connectivity index (χ4n) is 3.85. The van der Waals surface area contributed by atoms with E-state index in [9.17, 15) is 26.8 Å². The second-order valence-electron chi connectivity index (χ2n) is 8.27. The van der Waals surface area contributed by atoms with Crippen LogP contribution in [0.2, 0.25) is 0 Å². The number of halogens is 2. The first-order valence-corrected chi connectivity index (χ1v) is 13.3. The quantitative estimate of drug-likeness (QED) is 0.405. The molecule has 10 heteroatoms. The molecule has 196 valence electrons. The molecule has 7 nitrogen and oxygen atoms in total. The number of likely N-dealkylation sites (N-methyl/N-ethyl adjacent to an activating group) is 1. The second-order valence-corrected chi connectivity index (χ2v) is 10.1. The van der Waals surface area contributed by atoms with E-state index in [0.29, 0.717) is 12.1 Å². The van der Waals surface area contributed by atoms with Crippen LogP contribution in [0, 0.1) is 11.6 Å². The van der Waals surface area contributed by atoms with Crippen LogP contribution >= 0.6 is 0 Å². The maximum atomic E-state index is 13.7. The Morgan fingerprint density at radius 1 is 0.865 bits per heavy atom. The SMILES string of the molecule is CCNC(=O)[C@@H](CC)N(Cc1ccc(F)cc1)C(=O)CN(c1ccc(F)cc1)S(=O)(=O)c1ccccc1. The summed E-state index contributed by atoms with van der Waals surface area (Å²) in [5.74, 6) is -2.05. The van der Waals surface area contributed by atoms with Gasteiger partial charge in [-0.1, -0.05) is 37.3 Å². The molecule has 0 aliphatic heterocycles. The fourth-order valence-corrected chi connectivity index (χ4v) is 5.29. The van der Waals surface area contributed by atoms with Gasteiger partial charge in [0.15, 0.2) is 0 Å². The topological polar surface area (TPSA) is 86.8 Å². The zero-order valence-electron chi connectivity index (χ0n) is 20.6. The highest BCUT2D eigenvalue weighted by Crippen LogP contribution is 2.25. The normalized spacial score (nSPS) is 12.0. The van der Waals surface area contributed by atoms with Gasteiger partial charge in [0.2, 0.25) is 11.8 Å². The number of anilines is 1. The number of nitrogens with one attached hydrogen (secondary N) is 1. The van der Waals surface area contributed by atoms with E-state index in [0.717, 1.165) is 16.4 Å². The Hall–Kier alpha value is -3.79. The first-order valence-electron chi connectivity index (χ1n) is 11.8. The van der Waals surface area contributed by atoms with Crippen molar-refractivity contribution < 1.29 is 26.8 Å². The van der Waals surface area contributed by atoms with Crippen LogP contribution in [0.4, 0.5) is 14.5 Å². The molecule has 1 atom stereocenters. The highest BCUT2D eigenvalue weighted by atomic mass is 32.2. The molecule has 0 saturated heterocycles. The van der Waals surface area contributed by atoms with Crippen LogP contribution in [0.1, 0.15) is 25.8 Å². The molecule has 0 aromatic heterocycles. The third-order valence-corrected chi connectivity index (χ3v) is 7.52. The minimum absolute atomic E-state index is 0.0442. The number of benzene rings is 3. The molecule has 0 unspecified atom stereocenters.